The number of phosphoric acid groups is 1. The number of alkyl halides is 7. The molecule has 0 aromatic heterocycles. The van der Waals surface area contributed by atoms with Crippen LogP contribution in [-0.2, 0) is 9.09 Å². The van der Waals surface area contributed by atoms with E-state index in [1.807, 2.05) is 0 Å². The number of halogens is 7. The molecule has 4 nitrogen and oxygen atoms in total. The summed E-state index contributed by atoms with van der Waals surface area (Å²) in [5.41, 5.74) is 0. The molecule has 21 heavy (non-hydrogen) atoms. The predicted molar refractivity (Wildman–Crippen MR) is 57.2 cm³/mol. The van der Waals surface area contributed by atoms with Gasteiger partial charge in [0.1, 0.15) is 0 Å². The van der Waals surface area contributed by atoms with E-state index < -0.39 is 44.8 Å². The van der Waals surface area contributed by atoms with Crippen molar-refractivity contribution in [2.75, 3.05) is 0 Å². The van der Waals surface area contributed by atoms with Gasteiger partial charge in [0.05, 0.1) is 6.10 Å². The van der Waals surface area contributed by atoms with Crippen LogP contribution in [-0.4, -0.2) is 40.3 Å². The summed E-state index contributed by atoms with van der Waals surface area (Å²) in [6.07, 6.45) is -12.2. The Bertz CT molecular complexity index is 373. The highest BCUT2D eigenvalue weighted by Crippen LogP contribution is 2.45. The molecule has 0 rings (SSSR count). The third-order valence-electron chi connectivity index (χ3n) is 2.48. The van der Waals surface area contributed by atoms with Gasteiger partial charge in [-0.25, -0.2) is 17.7 Å². The Labute approximate surface area is 115 Å². The Hall–Kier alpha value is -0.380. The maximum Gasteiger partial charge on any atom is 0.469 e. The fourth-order valence-corrected chi connectivity index (χ4v) is 2.04. The summed E-state index contributed by atoms with van der Waals surface area (Å²) in [6.45, 7) is 1.43. The summed E-state index contributed by atoms with van der Waals surface area (Å²) >= 11 is 0. The van der Waals surface area contributed by atoms with Gasteiger partial charge in [0.25, 0.3) is 0 Å². The molecule has 0 aliphatic carbocycles. The van der Waals surface area contributed by atoms with Gasteiger partial charge >= 0.3 is 26.1 Å². The number of phosphoric ester groups is 1. The first-order valence-electron chi connectivity index (χ1n) is 5.67. The van der Waals surface area contributed by atoms with Gasteiger partial charge in [0.15, 0.2) is 6.17 Å². The summed E-state index contributed by atoms with van der Waals surface area (Å²) in [7, 11) is -5.17. The highest BCUT2D eigenvalue weighted by atomic mass is 31.2. The predicted octanol–water partition coefficient (Wildman–Crippen LogP) is 3.53. The normalized spacial score (nSPS) is 17.1. The summed E-state index contributed by atoms with van der Waals surface area (Å²) in [5.74, 6) is -11.6. The molecule has 0 spiro atoms. The molecule has 0 amide bonds. The summed E-state index contributed by atoms with van der Waals surface area (Å²) < 4.78 is 103. The first kappa shape index (κ1) is 20.6. The van der Waals surface area contributed by atoms with Crippen LogP contribution in [0.1, 0.15) is 26.2 Å². The molecule has 2 atom stereocenters. The lowest BCUT2D eigenvalue weighted by Crippen LogP contribution is -2.53. The van der Waals surface area contributed by atoms with Crippen LogP contribution < -0.4 is 0 Å². The van der Waals surface area contributed by atoms with Crippen molar-refractivity contribution in [3.05, 3.63) is 0 Å². The number of rotatable bonds is 9. The van der Waals surface area contributed by atoms with Gasteiger partial charge in [-0.1, -0.05) is 13.3 Å². The van der Waals surface area contributed by atoms with Crippen LogP contribution in [0.25, 0.3) is 0 Å². The van der Waals surface area contributed by atoms with E-state index in [0.29, 0.717) is 0 Å². The van der Waals surface area contributed by atoms with Crippen molar-refractivity contribution in [3.8, 4) is 0 Å². The fourth-order valence-electron chi connectivity index (χ4n) is 1.46. The van der Waals surface area contributed by atoms with Gasteiger partial charge in [-0.15, -0.1) is 0 Å². The van der Waals surface area contributed by atoms with Crippen molar-refractivity contribution in [2.24, 2.45) is 0 Å². The van der Waals surface area contributed by atoms with Crippen molar-refractivity contribution in [1.29, 1.82) is 0 Å². The highest BCUT2D eigenvalue weighted by molar-refractivity contribution is 7.46. The molecule has 0 aromatic carbocycles. The standard InChI is InChI=1S/C9H14F7O4P/c1-2-3-5(20-21(17,18)19)4-6(10)8(13,14)9(15,16)7(11)12/h5-7H,2-4H2,1H3,(H2,17,18,19). The van der Waals surface area contributed by atoms with Crippen LogP contribution in [0.15, 0.2) is 0 Å². The molecule has 0 heterocycles. The molecular formula is C9H14F7O4P. The van der Waals surface area contributed by atoms with Crippen LogP contribution in [0.2, 0.25) is 0 Å². The van der Waals surface area contributed by atoms with Crippen molar-refractivity contribution in [1.82, 2.24) is 0 Å². The van der Waals surface area contributed by atoms with Gasteiger partial charge in [-0.05, 0) is 6.42 Å². The zero-order chi connectivity index (χ0) is 17.1. The monoisotopic (exact) mass is 350 g/mol. The SMILES string of the molecule is CCCC(CC(F)C(F)(F)C(F)(F)C(F)F)OP(=O)(O)O. The minimum absolute atomic E-state index is 0.105. The van der Waals surface area contributed by atoms with Crippen LogP contribution in [0, 0.1) is 0 Å². The van der Waals surface area contributed by atoms with Crippen molar-refractivity contribution >= 4 is 7.82 Å². The Balaban J connectivity index is 5.05. The minimum Gasteiger partial charge on any atom is -0.303 e. The molecule has 128 valence electrons. The topological polar surface area (TPSA) is 66.8 Å². The van der Waals surface area contributed by atoms with Gasteiger partial charge in [0, 0.05) is 6.42 Å². The van der Waals surface area contributed by atoms with E-state index in [1.165, 1.54) is 6.92 Å². The lowest BCUT2D eigenvalue weighted by molar-refractivity contribution is -0.287. The Morgan fingerprint density at radius 2 is 1.57 bits per heavy atom. The smallest absolute Gasteiger partial charge is 0.303 e. The second kappa shape index (κ2) is 7.26. The lowest BCUT2D eigenvalue weighted by atomic mass is 9.99. The van der Waals surface area contributed by atoms with Gasteiger partial charge in [-0.2, -0.15) is 17.6 Å². The molecule has 0 bridgehead atoms. The molecule has 0 saturated carbocycles. The van der Waals surface area contributed by atoms with Crippen molar-refractivity contribution in [3.63, 3.8) is 0 Å². The van der Waals surface area contributed by atoms with Crippen LogP contribution in [0.5, 0.6) is 0 Å². The number of hydrogen-bond acceptors (Lipinski definition) is 2. The second-order valence-electron chi connectivity index (χ2n) is 4.26. The van der Waals surface area contributed by atoms with Gasteiger partial charge in [-0.3, -0.25) is 4.52 Å². The maximum atomic E-state index is 13.3. The first-order chi connectivity index (χ1) is 9.25. The molecule has 0 fully saturated rings. The quantitative estimate of drug-likeness (QED) is 0.493. The third kappa shape index (κ3) is 5.72. The summed E-state index contributed by atoms with van der Waals surface area (Å²) in [4.78, 5) is 17.0. The van der Waals surface area contributed by atoms with Crippen molar-refractivity contribution < 1.29 is 49.6 Å². The molecular weight excluding hydrogens is 336 g/mol. The zero-order valence-electron chi connectivity index (χ0n) is 10.7. The first-order valence-corrected chi connectivity index (χ1v) is 7.20. The Morgan fingerprint density at radius 3 is 1.90 bits per heavy atom. The van der Waals surface area contributed by atoms with Crippen LogP contribution in [0.4, 0.5) is 30.7 Å². The van der Waals surface area contributed by atoms with Crippen LogP contribution in [0.3, 0.4) is 0 Å². The van der Waals surface area contributed by atoms with Crippen molar-refractivity contribution in [2.45, 2.75) is 56.7 Å². The van der Waals surface area contributed by atoms with E-state index in [0.717, 1.165) is 0 Å². The average Bonchev–Trinajstić information content (AvgIpc) is 2.26. The van der Waals surface area contributed by atoms with Gasteiger partial charge < -0.3 is 9.79 Å². The maximum absolute atomic E-state index is 13.3. The Kier molecular flexibility index (Phi) is 7.12. The van der Waals surface area contributed by atoms with E-state index in [1.54, 1.807) is 0 Å². The Morgan fingerprint density at radius 1 is 1.10 bits per heavy atom. The average molecular weight is 350 g/mol. The molecule has 12 heteroatoms. The van der Waals surface area contributed by atoms with E-state index in [-0.39, 0.29) is 12.8 Å². The minimum atomic E-state index is -5.91. The molecule has 0 radical (unpaired) electrons. The highest BCUT2D eigenvalue weighted by Gasteiger charge is 2.67. The van der Waals surface area contributed by atoms with E-state index in [2.05, 4.69) is 4.52 Å². The molecule has 2 unspecified atom stereocenters. The molecule has 0 aromatic rings. The lowest BCUT2D eigenvalue weighted by Gasteiger charge is -2.30. The molecule has 0 aliphatic heterocycles. The molecule has 0 saturated heterocycles. The van der Waals surface area contributed by atoms with E-state index in [4.69, 9.17) is 9.79 Å². The third-order valence-corrected chi connectivity index (χ3v) is 3.05. The van der Waals surface area contributed by atoms with E-state index in [9.17, 15) is 35.3 Å². The zero-order valence-corrected chi connectivity index (χ0v) is 11.6. The van der Waals surface area contributed by atoms with E-state index >= 15 is 0 Å². The van der Waals surface area contributed by atoms with Crippen LogP contribution >= 0.6 is 7.82 Å². The second-order valence-corrected chi connectivity index (χ2v) is 5.45. The molecule has 0 aliphatic rings. The van der Waals surface area contributed by atoms with Gasteiger partial charge in [0.2, 0.25) is 0 Å². The molecule has 2 N–H and O–H groups in total. The summed E-state index contributed by atoms with van der Waals surface area (Å²) in [6, 6.07) is 0. The largest absolute Gasteiger partial charge is 0.469 e. The summed E-state index contributed by atoms with van der Waals surface area (Å²) in [5, 5.41) is 0. The fraction of sp³-hybridized carbons (Fsp3) is 1.00. The number of hydrogen-bond donors (Lipinski definition) is 2.